The van der Waals surface area contributed by atoms with E-state index in [0.29, 0.717) is 27.8 Å². The Kier molecular flexibility index (Phi) is 13.1. The second-order valence-electron chi connectivity index (χ2n) is 16.3. The number of ether oxygens (including phenoxy) is 2. The van der Waals surface area contributed by atoms with Crippen LogP contribution in [0, 0.1) is 21.7 Å². The van der Waals surface area contributed by atoms with Gasteiger partial charge in [0.1, 0.15) is 22.8 Å². The molecule has 0 radical (unpaired) electrons. The van der Waals surface area contributed by atoms with Crippen molar-refractivity contribution >= 4 is 62.6 Å². The first kappa shape index (κ1) is 45.7. The Morgan fingerprint density at radius 1 is 0.758 bits per heavy atom. The van der Waals surface area contributed by atoms with Crippen molar-refractivity contribution in [3.8, 4) is 11.4 Å². The smallest absolute Gasteiger partial charge is 0.414 e. The third kappa shape index (κ3) is 9.97. The van der Waals surface area contributed by atoms with Gasteiger partial charge >= 0.3 is 12.2 Å². The van der Waals surface area contributed by atoms with Gasteiger partial charge in [-0.3, -0.25) is 38.6 Å². The summed E-state index contributed by atoms with van der Waals surface area (Å²) < 4.78 is 43.0. The van der Waals surface area contributed by atoms with Crippen LogP contribution in [0.5, 0.6) is 0 Å². The van der Waals surface area contributed by atoms with Crippen molar-refractivity contribution in [1.29, 1.82) is 0 Å². The summed E-state index contributed by atoms with van der Waals surface area (Å²) in [6.45, 7) is 15.9. The predicted molar refractivity (Wildman–Crippen MR) is 239 cm³/mol. The normalized spacial score (nSPS) is 11.4. The number of nitro groups is 1. The zero-order valence-corrected chi connectivity index (χ0v) is 35.9. The highest BCUT2D eigenvalue weighted by molar-refractivity contribution is 5.94. The van der Waals surface area contributed by atoms with Crippen LogP contribution in [0.4, 0.5) is 41.1 Å². The fraction of sp³-hybridized carbons (Fsp3) is 0.261. The lowest BCUT2D eigenvalue weighted by Crippen LogP contribution is -2.34. The minimum Gasteiger partial charge on any atom is -0.443 e. The number of aromatic nitrogens is 2. The summed E-state index contributed by atoms with van der Waals surface area (Å²) in [5, 5.41) is 12.4. The number of fused-ring (bicyclic) bond motifs is 2. The minimum atomic E-state index is -0.767. The van der Waals surface area contributed by atoms with Crippen LogP contribution < -0.4 is 26.7 Å². The van der Waals surface area contributed by atoms with Gasteiger partial charge < -0.3 is 15.2 Å². The maximum absolute atomic E-state index is 14.9. The SMILES string of the molecule is C=Cc1cc(-n2ccc3cc(N(C)C(=O)OC(C)(C)C)c(F)cc3c2=O)ccc1[N+](=O)[O-].CCc1cc(-n2ccc3cc(N(C)C(=O)OC(C)(C)C)c(F)cc3c2=O)ccc1N. The maximum Gasteiger partial charge on any atom is 0.414 e. The fourth-order valence-electron chi connectivity index (χ4n) is 6.35. The number of nitrogen functional groups attached to an aromatic ring is 1. The summed E-state index contributed by atoms with van der Waals surface area (Å²) >= 11 is 0. The Bertz CT molecular complexity index is 2880. The number of carbonyl (C=O) groups excluding carboxylic acids is 2. The molecule has 0 atom stereocenters. The number of aryl methyl sites for hydroxylation is 1. The van der Waals surface area contributed by atoms with Crippen molar-refractivity contribution in [1.82, 2.24) is 9.13 Å². The van der Waals surface area contributed by atoms with Crippen molar-refractivity contribution in [2.45, 2.75) is 66.1 Å². The topological polar surface area (TPSA) is 172 Å². The lowest BCUT2D eigenvalue weighted by molar-refractivity contribution is -0.385. The number of hydrogen-bond donors (Lipinski definition) is 1. The molecule has 4 aromatic carbocycles. The molecule has 0 fully saturated rings. The molecule has 0 unspecified atom stereocenters. The Hall–Kier alpha value is -7.36. The predicted octanol–water partition coefficient (Wildman–Crippen LogP) is 9.70. The first-order valence-electron chi connectivity index (χ1n) is 19.4. The Morgan fingerprint density at radius 3 is 1.60 bits per heavy atom. The number of rotatable bonds is 7. The van der Waals surface area contributed by atoms with Crippen LogP contribution >= 0.6 is 0 Å². The van der Waals surface area contributed by atoms with Crippen molar-refractivity contribution in [3.05, 3.63) is 145 Å². The van der Waals surface area contributed by atoms with Crippen LogP contribution in [0.15, 0.2) is 101 Å². The molecule has 16 heteroatoms. The molecule has 324 valence electrons. The van der Waals surface area contributed by atoms with E-state index in [0.717, 1.165) is 33.9 Å². The summed E-state index contributed by atoms with van der Waals surface area (Å²) in [6, 6.07) is 17.9. The second kappa shape index (κ2) is 17.7. The van der Waals surface area contributed by atoms with Crippen LogP contribution in [-0.4, -0.2) is 51.5 Å². The van der Waals surface area contributed by atoms with E-state index in [2.05, 4.69) is 6.58 Å². The molecule has 2 amide bonds. The Balaban J connectivity index is 0.000000235. The van der Waals surface area contributed by atoms with Crippen LogP contribution in [0.25, 0.3) is 39.0 Å². The molecule has 6 aromatic rings. The van der Waals surface area contributed by atoms with Crippen LogP contribution in [0.2, 0.25) is 0 Å². The lowest BCUT2D eigenvalue weighted by atomic mass is 10.1. The van der Waals surface area contributed by atoms with E-state index in [1.165, 1.54) is 65.8 Å². The number of nitro benzene ring substituents is 1. The van der Waals surface area contributed by atoms with E-state index < -0.39 is 45.5 Å². The molecule has 2 aromatic heterocycles. The number of nitrogens with two attached hydrogens (primary N) is 1. The van der Waals surface area contributed by atoms with Gasteiger partial charge in [0, 0.05) is 49.6 Å². The summed E-state index contributed by atoms with van der Waals surface area (Å²) in [5.41, 5.74) is 6.36. The number of pyridine rings is 2. The van der Waals surface area contributed by atoms with Crippen molar-refractivity contribution in [2.24, 2.45) is 0 Å². The van der Waals surface area contributed by atoms with Crippen LogP contribution in [-0.2, 0) is 15.9 Å². The van der Waals surface area contributed by atoms with E-state index in [4.69, 9.17) is 15.2 Å². The molecular weight excluding hydrogens is 803 g/mol. The molecule has 0 saturated heterocycles. The van der Waals surface area contributed by atoms with E-state index in [9.17, 15) is 38.1 Å². The molecule has 0 spiro atoms. The Morgan fingerprint density at radius 2 is 1.19 bits per heavy atom. The zero-order chi connectivity index (χ0) is 46.0. The molecule has 0 aliphatic heterocycles. The highest BCUT2D eigenvalue weighted by atomic mass is 19.1. The molecule has 6 rings (SSSR count). The Labute approximate surface area is 356 Å². The van der Waals surface area contributed by atoms with E-state index in [1.54, 1.807) is 72.0 Å². The highest BCUT2D eigenvalue weighted by Gasteiger charge is 2.25. The third-order valence-corrected chi connectivity index (χ3v) is 9.49. The molecule has 2 heterocycles. The molecule has 0 bridgehead atoms. The van der Waals surface area contributed by atoms with Gasteiger partial charge in [-0.2, -0.15) is 0 Å². The highest BCUT2D eigenvalue weighted by Crippen LogP contribution is 2.29. The monoisotopic (exact) mass is 850 g/mol. The number of hydrogen-bond acceptors (Lipinski definition) is 9. The maximum atomic E-state index is 14.9. The van der Waals surface area contributed by atoms with E-state index in [-0.39, 0.29) is 39.0 Å². The van der Waals surface area contributed by atoms with Gasteiger partial charge in [-0.1, -0.05) is 19.6 Å². The zero-order valence-electron chi connectivity index (χ0n) is 35.9. The number of halogens is 2. The van der Waals surface area contributed by atoms with Gasteiger partial charge in [-0.05, 0) is 131 Å². The molecule has 62 heavy (non-hydrogen) atoms. The van der Waals surface area contributed by atoms with Gasteiger partial charge in [-0.15, -0.1) is 0 Å². The quantitative estimate of drug-likeness (QED) is 0.0932. The summed E-state index contributed by atoms with van der Waals surface area (Å²) in [5.74, 6) is -1.45. The van der Waals surface area contributed by atoms with Gasteiger partial charge in [0.25, 0.3) is 16.8 Å². The average molecular weight is 851 g/mol. The standard InChI is InChI=1S/C23H22FN3O5.C23H26FN3O3/c1-6-14-11-16(7-8-19(14)27(30)31)26-10-9-15-12-20(18(24)13-17(15)21(26)28)25(5)22(29)32-23(2,3)4;1-6-14-11-16(7-8-19(14)25)27-10-9-15-12-20(18(24)13-17(15)21(27)28)26(5)22(29)30-23(2,3)4/h6-13H,1H2,2-5H3;7-13H,6,25H2,1-5H3. The third-order valence-electron chi connectivity index (χ3n) is 9.49. The molecule has 0 aliphatic carbocycles. The number of nitrogens with zero attached hydrogens (tertiary/aromatic N) is 5. The van der Waals surface area contributed by atoms with Crippen molar-refractivity contribution in [2.75, 3.05) is 29.6 Å². The first-order valence-corrected chi connectivity index (χ1v) is 19.4. The molecule has 2 N–H and O–H groups in total. The molecular formula is C46H48F2N6O8. The van der Waals surface area contributed by atoms with Gasteiger partial charge in [0.15, 0.2) is 0 Å². The summed E-state index contributed by atoms with van der Waals surface area (Å²) in [6.07, 6.45) is 3.76. The van der Waals surface area contributed by atoms with Gasteiger partial charge in [-0.25, -0.2) is 18.4 Å². The minimum absolute atomic E-state index is 0.0341. The number of carbonyl (C=O) groups is 2. The van der Waals surface area contributed by atoms with Gasteiger partial charge in [0.05, 0.1) is 32.6 Å². The average Bonchev–Trinajstić information content (AvgIpc) is 3.19. The van der Waals surface area contributed by atoms with E-state index >= 15 is 0 Å². The van der Waals surface area contributed by atoms with Gasteiger partial charge in [0.2, 0.25) is 0 Å². The second-order valence-corrected chi connectivity index (χ2v) is 16.3. The van der Waals surface area contributed by atoms with E-state index in [1.807, 2.05) is 13.0 Å². The van der Waals surface area contributed by atoms with Crippen molar-refractivity contribution in [3.63, 3.8) is 0 Å². The largest absolute Gasteiger partial charge is 0.443 e. The molecule has 14 nitrogen and oxygen atoms in total. The van der Waals surface area contributed by atoms with Crippen molar-refractivity contribution < 1.29 is 32.8 Å². The van der Waals surface area contributed by atoms with Crippen LogP contribution in [0.1, 0.15) is 59.6 Å². The summed E-state index contributed by atoms with van der Waals surface area (Å²) in [4.78, 5) is 63.4. The number of amides is 2. The molecule has 0 aliphatic rings. The van der Waals surface area contributed by atoms with Crippen LogP contribution in [0.3, 0.4) is 0 Å². The molecule has 0 saturated carbocycles. The number of anilines is 3. The lowest BCUT2D eigenvalue weighted by Gasteiger charge is -2.25. The summed E-state index contributed by atoms with van der Waals surface area (Å²) in [7, 11) is 2.81. The fourth-order valence-corrected chi connectivity index (χ4v) is 6.35. The number of benzene rings is 4. The first-order chi connectivity index (χ1) is 28.9.